The van der Waals surface area contributed by atoms with Crippen LogP contribution in [0.3, 0.4) is 0 Å². The van der Waals surface area contributed by atoms with Crippen molar-refractivity contribution in [2.24, 2.45) is 16.8 Å². The second kappa shape index (κ2) is 15.5. The lowest BCUT2D eigenvalue weighted by Gasteiger charge is -2.30. The Kier molecular flexibility index (Phi) is 12.1. The highest BCUT2D eigenvalue weighted by molar-refractivity contribution is 6.13. The number of pyridine rings is 1. The summed E-state index contributed by atoms with van der Waals surface area (Å²) in [6, 6.07) is 3.20. The maximum absolute atomic E-state index is 13.8. The summed E-state index contributed by atoms with van der Waals surface area (Å²) in [5.74, 6) is -0.322. The number of aliphatic hydroxyl groups excluding tert-OH is 1. The van der Waals surface area contributed by atoms with Gasteiger partial charge in [0.25, 0.3) is 0 Å². The number of methoxy groups -OCH3 is 1. The summed E-state index contributed by atoms with van der Waals surface area (Å²) >= 11 is 0. The molecule has 3 atom stereocenters. The van der Waals surface area contributed by atoms with Crippen molar-refractivity contribution in [3.8, 4) is 0 Å². The number of carbonyl (C=O) groups is 2. The molecular weight excluding hydrogens is 510 g/mol. The fourth-order valence-electron chi connectivity index (χ4n) is 4.80. The average Bonchev–Trinajstić information content (AvgIpc) is 3.30. The molecule has 9 heteroatoms. The highest BCUT2D eigenvalue weighted by atomic mass is 16.6. The summed E-state index contributed by atoms with van der Waals surface area (Å²) in [4.78, 5) is 38.2. The van der Waals surface area contributed by atoms with E-state index in [-0.39, 0.29) is 36.4 Å². The molecule has 0 bridgehead atoms. The number of unbranched alkanes of at least 4 members (excludes halogenated alkanes) is 1. The van der Waals surface area contributed by atoms with Crippen molar-refractivity contribution >= 4 is 40.5 Å². The Hall–Kier alpha value is -3.30. The maximum atomic E-state index is 13.8. The van der Waals surface area contributed by atoms with Gasteiger partial charge in [-0.15, -0.1) is 0 Å². The number of aromatic nitrogens is 1. The minimum absolute atomic E-state index is 0.0624. The van der Waals surface area contributed by atoms with Gasteiger partial charge in [0.1, 0.15) is 11.2 Å². The van der Waals surface area contributed by atoms with Crippen molar-refractivity contribution in [1.29, 1.82) is 0 Å². The number of nitrogens with zero attached hydrogens (tertiary/aromatic N) is 3. The summed E-state index contributed by atoms with van der Waals surface area (Å²) < 4.78 is 16.9. The summed E-state index contributed by atoms with van der Waals surface area (Å²) in [5, 5.41) is 9.93. The Morgan fingerprint density at radius 3 is 2.73 bits per heavy atom. The van der Waals surface area contributed by atoms with Crippen LogP contribution in [0.2, 0.25) is 0 Å². The Morgan fingerprint density at radius 1 is 1.23 bits per heavy atom. The molecule has 0 aromatic carbocycles. The van der Waals surface area contributed by atoms with Gasteiger partial charge in [-0.25, -0.2) is 9.78 Å². The lowest BCUT2D eigenvalue weighted by Crippen LogP contribution is -2.42. The van der Waals surface area contributed by atoms with E-state index in [2.05, 4.69) is 24.9 Å². The molecule has 0 spiro atoms. The zero-order chi connectivity index (χ0) is 29.1. The normalized spacial score (nSPS) is 16.8. The van der Waals surface area contributed by atoms with Crippen LogP contribution < -0.4 is 4.90 Å². The molecule has 0 saturated carbocycles. The first-order valence-electron chi connectivity index (χ1n) is 14.3. The van der Waals surface area contributed by atoms with E-state index in [4.69, 9.17) is 18.9 Å². The standard InChI is InChI=1S/C31H43N3O6/c1-6-8-11-24(14-17-35)34(31(37)39-7-2)28-27-26(40-30(28)29(36)22(4)15-18-38-5)13-12-25(33-27)23-19-21(3)10-9-16-32-20-23/h9,12-13,16,19-22,24,35H,6-8,10-11,14-15,17-18H2,1-5H3. The minimum Gasteiger partial charge on any atom is -0.449 e. The number of aliphatic hydroxyl groups is 1. The first-order valence-corrected chi connectivity index (χ1v) is 14.3. The van der Waals surface area contributed by atoms with Crippen molar-refractivity contribution in [1.82, 2.24) is 4.98 Å². The molecular formula is C31H43N3O6. The molecule has 0 radical (unpaired) electrons. The van der Waals surface area contributed by atoms with Crippen LogP contribution in [-0.4, -0.2) is 61.2 Å². The molecule has 3 unspecified atom stereocenters. The van der Waals surface area contributed by atoms with Gasteiger partial charge in [0.05, 0.1) is 12.3 Å². The Morgan fingerprint density at radius 2 is 2.02 bits per heavy atom. The van der Waals surface area contributed by atoms with E-state index >= 15 is 0 Å². The van der Waals surface area contributed by atoms with Crippen LogP contribution in [0.25, 0.3) is 16.7 Å². The lowest BCUT2D eigenvalue weighted by molar-refractivity contribution is 0.0868. The third kappa shape index (κ3) is 7.67. The summed E-state index contributed by atoms with van der Waals surface area (Å²) in [6.07, 6.45) is 11.1. The predicted octanol–water partition coefficient (Wildman–Crippen LogP) is 6.59. The zero-order valence-electron chi connectivity index (χ0n) is 24.4. The lowest BCUT2D eigenvalue weighted by atomic mass is 9.98. The maximum Gasteiger partial charge on any atom is 0.414 e. The largest absolute Gasteiger partial charge is 0.449 e. The van der Waals surface area contributed by atoms with Gasteiger partial charge in [0.2, 0.25) is 5.78 Å². The third-order valence-electron chi connectivity index (χ3n) is 7.03. The number of Topliss-reactive ketones (excluding diaryl/α,β-unsaturated/α-hetero) is 1. The van der Waals surface area contributed by atoms with E-state index in [1.54, 1.807) is 32.5 Å². The van der Waals surface area contributed by atoms with E-state index in [0.717, 1.165) is 24.8 Å². The van der Waals surface area contributed by atoms with Gasteiger partial charge < -0.3 is 19.0 Å². The number of ether oxygens (including phenoxy) is 2. The number of aliphatic imine (C=N–C) groups is 1. The Bertz CT molecular complexity index is 1230. The Labute approximate surface area is 237 Å². The van der Waals surface area contributed by atoms with Gasteiger partial charge >= 0.3 is 6.09 Å². The van der Waals surface area contributed by atoms with Crippen LogP contribution in [0.1, 0.15) is 82.5 Å². The number of hydrogen-bond donors (Lipinski definition) is 1. The van der Waals surface area contributed by atoms with Gasteiger partial charge in [-0.1, -0.05) is 45.8 Å². The smallest absolute Gasteiger partial charge is 0.414 e. The average molecular weight is 554 g/mol. The molecule has 2 aromatic rings. The highest BCUT2D eigenvalue weighted by Crippen LogP contribution is 2.38. The number of allylic oxidation sites excluding steroid dienone is 3. The van der Waals surface area contributed by atoms with Crippen LogP contribution in [0, 0.1) is 11.8 Å². The monoisotopic (exact) mass is 553 g/mol. The number of fused-ring (bicyclic) bond motifs is 1. The van der Waals surface area contributed by atoms with Crippen molar-refractivity contribution < 1.29 is 28.6 Å². The molecule has 1 amide bonds. The topological polar surface area (TPSA) is 114 Å². The number of hydrogen-bond acceptors (Lipinski definition) is 8. The van der Waals surface area contributed by atoms with Crippen molar-refractivity contribution in [2.45, 2.75) is 72.3 Å². The molecule has 1 aliphatic heterocycles. The van der Waals surface area contributed by atoms with Gasteiger partial charge in [0, 0.05) is 50.3 Å². The number of anilines is 1. The minimum atomic E-state index is -0.601. The summed E-state index contributed by atoms with van der Waals surface area (Å²) in [5.41, 5.74) is 2.57. The van der Waals surface area contributed by atoms with Crippen LogP contribution in [-0.2, 0) is 9.47 Å². The van der Waals surface area contributed by atoms with Crippen LogP contribution >= 0.6 is 0 Å². The van der Waals surface area contributed by atoms with E-state index in [1.807, 2.05) is 19.1 Å². The third-order valence-corrected chi connectivity index (χ3v) is 7.03. The van der Waals surface area contributed by atoms with Crippen LogP contribution in [0.15, 0.2) is 39.9 Å². The van der Waals surface area contributed by atoms with Gasteiger partial charge in [-0.2, -0.15) is 0 Å². The van der Waals surface area contributed by atoms with E-state index in [1.165, 1.54) is 4.90 Å². The van der Waals surface area contributed by atoms with Crippen molar-refractivity contribution in [2.75, 3.05) is 31.8 Å². The SMILES string of the molecule is CCCCC(CCO)N(C(=O)OCC)c1c(C(=O)C(C)CCOC)oc2ccc(C3=CC(C)CC=CN=C3)nc12. The number of ketones is 1. The van der Waals surface area contributed by atoms with Gasteiger partial charge in [-0.05, 0) is 50.7 Å². The number of amides is 1. The van der Waals surface area contributed by atoms with E-state index in [0.29, 0.717) is 42.7 Å². The summed E-state index contributed by atoms with van der Waals surface area (Å²) in [7, 11) is 1.59. The van der Waals surface area contributed by atoms with Gasteiger partial charge in [0.15, 0.2) is 11.3 Å². The molecule has 218 valence electrons. The molecule has 40 heavy (non-hydrogen) atoms. The molecule has 3 heterocycles. The fourth-order valence-corrected chi connectivity index (χ4v) is 4.80. The van der Waals surface area contributed by atoms with Gasteiger partial charge in [-0.3, -0.25) is 14.7 Å². The van der Waals surface area contributed by atoms with Crippen molar-refractivity contribution in [3.05, 3.63) is 41.9 Å². The van der Waals surface area contributed by atoms with Crippen LogP contribution in [0.5, 0.6) is 0 Å². The van der Waals surface area contributed by atoms with E-state index in [9.17, 15) is 14.7 Å². The number of carbonyl (C=O) groups excluding carboxylic acids is 2. The number of furan rings is 1. The first-order chi connectivity index (χ1) is 19.4. The Balaban J connectivity index is 2.28. The first kappa shape index (κ1) is 31.2. The molecule has 2 aromatic heterocycles. The summed E-state index contributed by atoms with van der Waals surface area (Å²) in [6.45, 7) is 8.20. The van der Waals surface area contributed by atoms with E-state index < -0.39 is 18.1 Å². The second-order valence-electron chi connectivity index (χ2n) is 10.2. The van der Waals surface area contributed by atoms with Crippen LogP contribution in [0.4, 0.5) is 10.5 Å². The predicted molar refractivity (Wildman–Crippen MR) is 158 cm³/mol. The number of rotatable bonds is 14. The highest BCUT2D eigenvalue weighted by Gasteiger charge is 2.36. The molecule has 0 saturated heterocycles. The zero-order valence-corrected chi connectivity index (χ0v) is 24.4. The van der Waals surface area contributed by atoms with Crippen molar-refractivity contribution in [3.63, 3.8) is 0 Å². The molecule has 0 fully saturated rings. The molecule has 1 N–H and O–H groups in total. The molecule has 9 nitrogen and oxygen atoms in total. The molecule has 1 aliphatic rings. The quantitative estimate of drug-likeness (QED) is 0.262. The fraction of sp³-hybridized carbons (Fsp3) is 0.548. The molecule has 0 aliphatic carbocycles. The second-order valence-corrected chi connectivity index (χ2v) is 10.2. The molecule has 3 rings (SSSR count).